The fourth-order valence-corrected chi connectivity index (χ4v) is 2.96. The van der Waals surface area contributed by atoms with Crippen LogP contribution in [0.25, 0.3) is 0 Å². The van der Waals surface area contributed by atoms with Gasteiger partial charge in [0.05, 0.1) is 5.92 Å². The number of carbonyl (C=O) groups is 2. The van der Waals surface area contributed by atoms with Crippen molar-refractivity contribution in [1.29, 1.82) is 0 Å². The predicted octanol–water partition coefficient (Wildman–Crippen LogP) is 4.56. The zero-order valence-corrected chi connectivity index (χ0v) is 17.7. The molecule has 162 valence electrons. The SMILES string of the molecule is CC(C)C[C@@H](Oc1cccc(F)c1)[C@H](C)OC(=O)[C@H](C)CC(=O)c1ncccc1O. The molecule has 1 aromatic carbocycles. The van der Waals surface area contributed by atoms with Crippen LogP contribution in [0.5, 0.6) is 11.5 Å². The molecule has 2 rings (SSSR count). The second-order valence-corrected chi connectivity index (χ2v) is 7.78. The summed E-state index contributed by atoms with van der Waals surface area (Å²) in [6, 6.07) is 8.68. The van der Waals surface area contributed by atoms with E-state index in [0.717, 1.165) is 0 Å². The molecule has 0 spiro atoms. The Labute approximate surface area is 176 Å². The third-order valence-corrected chi connectivity index (χ3v) is 4.56. The van der Waals surface area contributed by atoms with Crippen molar-refractivity contribution in [3.05, 3.63) is 54.1 Å². The highest BCUT2D eigenvalue weighted by atomic mass is 19.1. The third-order valence-electron chi connectivity index (χ3n) is 4.56. The van der Waals surface area contributed by atoms with Gasteiger partial charge in [-0.2, -0.15) is 0 Å². The number of hydrogen-bond acceptors (Lipinski definition) is 6. The topological polar surface area (TPSA) is 85.7 Å². The molecule has 0 aliphatic carbocycles. The summed E-state index contributed by atoms with van der Waals surface area (Å²) in [5, 5.41) is 9.75. The van der Waals surface area contributed by atoms with Crippen LogP contribution in [-0.4, -0.2) is 34.1 Å². The standard InChI is InChI=1S/C23H28FNO5/c1-14(2)11-21(30-18-8-5-7-17(24)13-18)16(4)29-23(28)15(3)12-20(27)22-19(26)9-6-10-25-22/h5-10,13-16,21,26H,11-12H2,1-4H3/t15-,16+,21-/m1/s1. The van der Waals surface area contributed by atoms with Gasteiger partial charge in [0.15, 0.2) is 5.78 Å². The molecule has 0 unspecified atom stereocenters. The van der Waals surface area contributed by atoms with E-state index in [4.69, 9.17) is 9.47 Å². The molecule has 7 heteroatoms. The summed E-state index contributed by atoms with van der Waals surface area (Å²) in [5.41, 5.74) is -0.0719. The average Bonchev–Trinajstić information content (AvgIpc) is 2.67. The number of aromatic nitrogens is 1. The number of Topliss-reactive ketones (excluding diaryl/α,β-unsaturated/α-hetero) is 1. The van der Waals surface area contributed by atoms with Crippen LogP contribution in [0.1, 0.15) is 51.0 Å². The van der Waals surface area contributed by atoms with Gasteiger partial charge in [0.1, 0.15) is 35.2 Å². The van der Waals surface area contributed by atoms with Crippen molar-refractivity contribution >= 4 is 11.8 Å². The molecule has 2 aromatic rings. The first-order chi connectivity index (χ1) is 14.2. The number of pyridine rings is 1. The fourth-order valence-electron chi connectivity index (χ4n) is 2.96. The molecule has 0 saturated carbocycles. The Bertz CT molecular complexity index is 870. The zero-order valence-electron chi connectivity index (χ0n) is 17.7. The Hall–Kier alpha value is -2.96. The third kappa shape index (κ3) is 6.83. The minimum Gasteiger partial charge on any atom is -0.506 e. The van der Waals surface area contributed by atoms with Gasteiger partial charge >= 0.3 is 5.97 Å². The van der Waals surface area contributed by atoms with Crippen LogP contribution in [0.2, 0.25) is 0 Å². The second-order valence-electron chi connectivity index (χ2n) is 7.78. The quantitative estimate of drug-likeness (QED) is 0.451. The Morgan fingerprint density at radius 3 is 2.50 bits per heavy atom. The molecule has 1 aromatic heterocycles. The Morgan fingerprint density at radius 1 is 1.13 bits per heavy atom. The first-order valence-electron chi connectivity index (χ1n) is 9.97. The van der Waals surface area contributed by atoms with Gasteiger partial charge < -0.3 is 14.6 Å². The lowest BCUT2D eigenvalue weighted by Crippen LogP contribution is -2.36. The van der Waals surface area contributed by atoms with Gasteiger partial charge in [0, 0.05) is 18.7 Å². The van der Waals surface area contributed by atoms with E-state index in [1.165, 1.54) is 30.5 Å². The summed E-state index contributed by atoms with van der Waals surface area (Å²) < 4.78 is 24.9. The van der Waals surface area contributed by atoms with Crippen molar-refractivity contribution < 1.29 is 28.6 Å². The number of ether oxygens (including phenoxy) is 2. The van der Waals surface area contributed by atoms with Crippen molar-refractivity contribution in [3.63, 3.8) is 0 Å². The first-order valence-corrected chi connectivity index (χ1v) is 9.97. The molecule has 0 aliphatic heterocycles. The Morgan fingerprint density at radius 2 is 1.87 bits per heavy atom. The molecular formula is C23H28FNO5. The lowest BCUT2D eigenvalue weighted by molar-refractivity contribution is -0.157. The lowest BCUT2D eigenvalue weighted by atomic mass is 10.0. The molecule has 6 nitrogen and oxygen atoms in total. The van der Waals surface area contributed by atoms with Crippen LogP contribution >= 0.6 is 0 Å². The monoisotopic (exact) mass is 417 g/mol. The van der Waals surface area contributed by atoms with E-state index in [0.29, 0.717) is 12.2 Å². The smallest absolute Gasteiger partial charge is 0.309 e. The molecular weight excluding hydrogens is 389 g/mol. The summed E-state index contributed by atoms with van der Waals surface area (Å²) in [6.45, 7) is 7.31. The number of rotatable bonds is 10. The van der Waals surface area contributed by atoms with Crippen LogP contribution in [0.4, 0.5) is 4.39 Å². The van der Waals surface area contributed by atoms with E-state index in [9.17, 15) is 19.1 Å². The molecule has 3 atom stereocenters. The van der Waals surface area contributed by atoms with Gasteiger partial charge in [-0.05, 0) is 43.5 Å². The van der Waals surface area contributed by atoms with Gasteiger partial charge in [0.25, 0.3) is 0 Å². The van der Waals surface area contributed by atoms with Crippen molar-refractivity contribution in [1.82, 2.24) is 4.98 Å². The second kappa shape index (κ2) is 10.7. The largest absolute Gasteiger partial charge is 0.506 e. The molecule has 30 heavy (non-hydrogen) atoms. The van der Waals surface area contributed by atoms with Gasteiger partial charge in [-0.15, -0.1) is 0 Å². The van der Waals surface area contributed by atoms with E-state index in [1.807, 2.05) is 13.8 Å². The number of benzene rings is 1. The Balaban J connectivity index is 2.00. The average molecular weight is 417 g/mol. The molecule has 0 bridgehead atoms. The summed E-state index contributed by atoms with van der Waals surface area (Å²) in [7, 11) is 0. The molecule has 0 aliphatic rings. The lowest BCUT2D eigenvalue weighted by Gasteiger charge is -2.27. The van der Waals surface area contributed by atoms with E-state index in [2.05, 4.69) is 4.98 Å². The van der Waals surface area contributed by atoms with E-state index in [1.54, 1.807) is 26.0 Å². The summed E-state index contributed by atoms with van der Waals surface area (Å²) >= 11 is 0. The molecule has 1 N–H and O–H groups in total. The van der Waals surface area contributed by atoms with Crippen molar-refractivity contribution in [2.45, 2.75) is 52.7 Å². The number of hydrogen-bond donors (Lipinski definition) is 1. The minimum absolute atomic E-state index is 0.0719. The summed E-state index contributed by atoms with van der Waals surface area (Å²) in [5.74, 6) is -1.74. The number of esters is 1. The summed E-state index contributed by atoms with van der Waals surface area (Å²) in [6.07, 6.45) is 0.774. The fraction of sp³-hybridized carbons (Fsp3) is 0.435. The normalized spacial score (nSPS) is 14.1. The maximum atomic E-state index is 13.5. The highest BCUT2D eigenvalue weighted by Crippen LogP contribution is 2.22. The van der Waals surface area contributed by atoms with E-state index >= 15 is 0 Å². The highest BCUT2D eigenvalue weighted by Gasteiger charge is 2.28. The van der Waals surface area contributed by atoms with Crippen LogP contribution in [-0.2, 0) is 9.53 Å². The van der Waals surface area contributed by atoms with Gasteiger partial charge in [-0.3, -0.25) is 9.59 Å². The number of nitrogens with zero attached hydrogens (tertiary/aromatic N) is 1. The molecule has 0 amide bonds. The molecule has 0 saturated heterocycles. The molecule has 0 radical (unpaired) electrons. The maximum Gasteiger partial charge on any atom is 0.309 e. The van der Waals surface area contributed by atoms with Gasteiger partial charge in [0.2, 0.25) is 0 Å². The summed E-state index contributed by atoms with van der Waals surface area (Å²) in [4.78, 5) is 28.7. The van der Waals surface area contributed by atoms with Crippen molar-refractivity contribution in [2.24, 2.45) is 11.8 Å². The number of aromatic hydroxyl groups is 1. The highest BCUT2D eigenvalue weighted by molar-refractivity contribution is 5.98. The number of carbonyl (C=O) groups excluding carboxylic acids is 2. The Kier molecular flexibility index (Phi) is 8.33. The first kappa shape index (κ1) is 23.3. The van der Waals surface area contributed by atoms with Crippen LogP contribution in [0, 0.1) is 17.7 Å². The maximum absolute atomic E-state index is 13.5. The van der Waals surface area contributed by atoms with Crippen LogP contribution < -0.4 is 4.74 Å². The van der Waals surface area contributed by atoms with Crippen molar-refractivity contribution in [2.75, 3.05) is 0 Å². The van der Waals surface area contributed by atoms with Gasteiger partial charge in [-0.1, -0.05) is 26.8 Å². The molecule has 0 fully saturated rings. The van der Waals surface area contributed by atoms with E-state index in [-0.39, 0.29) is 23.8 Å². The molecule has 1 heterocycles. The zero-order chi connectivity index (χ0) is 22.3. The van der Waals surface area contributed by atoms with E-state index < -0.39 is 35.7 Å². The van der Waals surface area contributed by atoms with Crippen LogP contribution in [0.15, 0.2) is 42.6 Å². The predicted molar refractivity (Wildman–Crippen MR) is 110 cm³/mol. The number of ketones is 1. The van der Waals surface area contributed by atoms with Gasteiger partial charge in [-0.25, -0.2) is 9.37 Å². The number of halogens is 1. The minimum atomic E-state index is -0.727. The van der Waals surface area contributed by atoms with Crippen molar-refractivity contribution in [3.8, 4) is 11.5 Å². The van der Waals surface area contributed by atoms with Crippen LogP contribution in [0.3, 0.4) is 0 Å².